The number of anilines is 1. The van der Waals surface area contributed by atoms with E-state index in [4.69, 9.17) is 4.99 Å². The third kappa shape index (κ3) is 4.42. The highest BCUT2D eigenvalue weighted by Gasteiger charge is 2.35. The molecule has 174 valence electrons. The molecule has 0 radical (unpaired) electrons. The SMILES string of the molecule is Cc1c(N=C2S/C(=C/c3ccc(Br)cc3)C(=O)N2c2ccccc2)c(=O)n(-c2ccccc2)n1C. The molecule has 0 aliphatic carbocycles. The largest absolute Gasteiger partial charge is 0.297 e. The normalized spacial score (nSPS) is 16.0. The number of aliphatic imine (C=N–C) groups is 1. The Labute approximate surface area is 215 Å². The van der Waals surface area contributed by atoms with Crippen LogP contribution in [0.2, 0.25) is 0 Å². The molecule has 1 amide bonds. The Morgan fingerprint density at radius 1 is 0.857 bits per heavy atom. The number of para-hydroxylation sites is 2. The zero-order valence-electron chi connectivity index (χ0n) is 19.1. The van der Waals surface area contributed by atoms with Gasteiger partial charge in [0.1, 0.15) is 0 Å². The van der Waals surface area contributed by atoms with Crippen molar-refractivity contribution in [1.82, 2.24) is 9.36 Å². The topological polar surface area (TPSA) is 59.6 Å². The molecule has 0 N–H and O–H groups in total. The Kier molecular flexibility index (Phi) is 6.32. The molecular formula is C27H21BrN4O2S. The van der Waals surface area contributed by atoms with E-state index in [0.717, 1.165) is 15.7 Å². The summed E-state index contributed by atoms with van der Waals surface area (Å²) in [4.78, 5) is 33.8. The van der Waals surface area contributed by atoms with Gasteiger partial charge in [0, 0.05) is 11.5 Å². The van der Waals surface area contributed by atoms with E-state index in [1.807, 2.05) is 105 Å². The lowest BCUT2D eigenvalue weighted by atomic mass is 10.2. The van der Waals surface area contributed by atoms with E-state index < -0.39 is 0 Å². The molecule has 35 heavy (non-hydrogen) atoms. The summed E-state index contributed by atoms with van der Waals surface area (Å²) in [5.41, 5.74) is 3.12. The second kappa shape index (κ2) is 9.56. The molecule has 0 spiro atoms. The molecule has 1 saturated heterocycles. The Morgan fingerprint density at radius 2 is 1.46 bits per heavy atom. The van der Waals surface area contributed by atoms with Crippen molar-refractivity contribution in [3.8, 4) is 5.69 Å². The van der Waals surface area contributed by atoms with Gasteiger partial charge in [0.15, 0.2) is 10.9 Å². The molecule has 1 fully saturated rings. The third-order valence-corrected chi connectivity index (χ3v) is 7.22. The fourth-order valence-electron chi connectivity index (χ4n) is 3.84. The summed E-state index contributed by atoms with van der Waals surface area (Å²) in [6, 6.07) is 26.5. The van der Waals surface area contributed by atoms with Crippen molar-refractivity contribution in [2.75, 3.05) is 4.90 Å². The zero-order valence-corrected chi connectivity index (χ0v) is 21.5. The van der Waals surface area contributed by atoms with Crippen LogP contribution in [0.5, 0.6) is 0 Å². The number of hydrogen-bond donors (Lipinski definition) is 0. The maximum atomic E-state index is 13.5. The first kappa shape index (κ1) is 23.1. The van der Waals surface area contributed by atoms with E-state index in [1.165, 1.54) is 11.8 Å². The molecule has 1 aliphatic heterocycles. The van der Waals surface area contributed by atoms with E-state index in [1.54, 1.807) is 14.3 Å². The Bertz CT molecular complexity index is 1520. The summed E-state index contributed by atoms with van der Waals surface area (Å²) in [5.74, 6) is -0.181. The zero-order chi connectivity index (χ0) is 24.5. The van der Waals surface area contributed by atoms with Gasteiger partial charge in [-0.2, -0.15) is 0 Å². The van der Waals surface area contributed by atoms with E-state index >= 15 is 0 Å². The first-order chi connectivity index (χ1) is 16.9. The fraction of sp³-hybridized carbons (Fsp3) is 0.0741. The molecule has 1 aromatic heterocycles. The van der Waals surface area contributed by atoms with Crippen LogP contribution in [0.15, 0.2) is 104 Å². The van der Waals surface area contributed by atoms with Crippen LogP contribution < -0.4 is 10.5 Å². The standard InChI is InChI=1S/C27H21BrN4O2S/c1-18-24(26(34)32(30(18)2)22-11-7-4-8-12-22)29-27-31(21-9-5-3-6-10-21)25(33)23(35-27)17-19-13-15-20(28)16-14-19/h3-17H,1-2H3/b23-17+,29-27?. The van der Waals surface area contributed by atoms with Crippen LogP contribution in [0.4, 0.5) is 11.4 Å². The van der Waals surface area contributed by atoms with Crippen molar-refractivity contribution in [2.45, 2.75) is 6.92 Å². The number of benzene rings is 3. The van der Waals surface area contributed by atoms with Gasteiger partial charge >= 0.3 is 0 Å². The number of amidine groups is 1. The highest BCUT2D eigenvalue weighted by Crippen LogP contribution is 2.37. The number of amides is 1. The number of carbonyl (C=O) groups excluding carboxylic acids is 1. The lowest BCUT2D eigenvalue weighted by molar-refractivity contribution is -0.113. The second-order valence-electron chi connectivity index (χ2n) is 7.94. The summed E-state index contributed by atoms with van der Waals surface area (Å²) in [6.07, 6.45) is 1.85. The number of thioether (sulfide) groups is 1. The molecule has 0 bridgehead atoms. The average Bonchev–Trinajstić information content (AvgIpc) is 3.29. The van der Waals surface area contributed by atoms with Crippen molar-refractivity contribution in [2.24, 2.45) is 12.0 Å². The molecular weight excluding hydrogens is 524 g/mol. The third-order valence-electron chi connectivity index (χ3n) is 5.72. The number of aromatic nitrogens is 2. The van der Waals surface area contributed by atoms with Crippen LogP contribution in [0, 0.1) is 6.92 Å². The van der Waals surface area contributed by atoms with Gasteiger partial charge in [-0.1, -0.05) is 64.5 Å². The van der Waals surface area contributed by atoms with Crippen LogP contribution in [0.1, 0.15) is 11.3 Å². The quantitative estimate of drug-likeness (QED) is 0.293. The maximum Gasteiger partial charge on any atom is 0.297 e. The van der Waals surface area contributed by atoms with Crippen LogP contribution >= 0.6 is 27.7 Å². The van der Waals surface area contributed by atoms with E-state index in [-0.39, 0.29) is 11.5 Å². The lowest BCUT2D eigenvalue weighted by Gasteiger charge is -2.15. The van der Waals surface area contributed by atoms with Gasteiger partial charge in [-0.05, 0) is 66.7 Å². The number of hydrogen-bond acceptors (Lipinski definition) is 4. The fourth-order valence-corrected chi connectivity index (χ4v) is 5.09. The summed E-state index contributed by atoms with van der Waals surface area (Å²) >= 11 is 4.70. The van der Waals surface area contributed by atoms with Crippen LogP contribution in [-0.4, -0.2) is 20.4 Å². The van der Waals surface area contributed by atoms with Gasteiger partial charge in [0.25, 0.3) is 11.5 Å². The predicted molar refractivity (Wildman–Crippen MR) is 146 cm³/mol. The van der Waals surface area contributed by atoms with Gasteiger partial charge in [0.05, 0.1) is 22.0 Å². The summed E-state index contributed by atoms with van der Waals surface area (Å²) in [6.45, 7) is 1.85. The van der Waals surface area contributed by atoms with Gasteiger partial charge in [-0.15, -0.1) is 0 Å². The summed E-state index contributed by atoms with van der Waals surface area (Å²) in [7, 11) is 1.83. The molecule has 2 heterocycles. The van der Waals surface area contributed by atoms with Crippen molar-refractivity contribution >= 4 is 56.2 Å². The number of rotatable bonds is 4. The van der Waals surface area contributed by atoms with E-state index in [2.05, 4.69) is 15.9 Å². The number of nitrogens with zero attached hydrogens (tertiary/aromatic N) is 4. The lowest BCUT2D eigenvalue weighted by Crippen LogP contribution is -2.29. The minimum atomic E-state index is -0.241. The van der Waals surface area contributed by atoms with Crippen molar-refractivity contribution in [1.29, 1.82) is 0 Å². The summed E-state index contributed by atoms with van der Waals surface area (Å²) < 4.78 is 4.33. The smallest absolute Gasteiger partial charge is 0.283 e. The molecule has 5 rings (SSSR count). The first-order valence-corrected chi connectivity index (χ1v) is 12.5. The molecule has 0 saturated carbocycles. The van der Waals surface area contributed by atoms with Crippen molar-refractivity contribution < 1.29 is 4.79 Å². The molecule has 1 aliphatic rings. The van der Waals surface area contributed by atoms with E-state index in [0.29, 0.717) is 27.1 Å². The van der Waals surface area contributed by atoms with Crippen molar-refractivity contribution in [3.63, 3.8) is 0 Å². The first-order valence-electron chi connectivity index (χ1n) is 10.9. The predicted octanol–water partition coefficient (Wildman–Crippen LogP) is 6.06. The number of halogens is 1. The Morgan fingerprint density at radius 3 is 2.09 bits per heavy atom. The molecule has 6 nitrogen and oxygen atoms in total. The maximum absolute atomic E-state index is 13.5. The van der Waals surface area contributed by atoms with Gasteiger partial charge in [-0.25, -0.2) is 9.67 Å². The van der Waals surface area contributed by atoms with Crippen LogP contribution in [0.3, 0.4) is 0 Å². The molecule has 4 aromatic rings. The van der Waals surface area contributed by atoms with Gasteiger partial charge in [0.2, 0.25) is 0 Å². The highest BCUT2D eigenvalue weighted by atomic mass is 79.9. The second-order valence-corrected chi connectivity index (χ2v) is 9.87. The Balaban J connectivity index is 1.63. The molecule has 3 aromatic carbocycles. The molecule has 0 atom stereocenters. The minimum absolute atomic E-state index is 0.181. The molecule has 0 unspecified atom stereocenters. The monoisotopic (exact) mass is 544 g/mol. The van der Waals surface area contributed by atoms with E-state index in [9.17, 15) is 9.59 Å². The summed E-state index contributed by atoms with van der Waals surface area (Å²) in [5, 5.41) is 0.440. The van der Waals surface area contributed by atoms with Crippen LogP contribution in [0.25, 0.3) is 11.8 Å². The highest BCUT2D eigenvalue weighted by molar-refractivity contribution is 9.10. The Hall–Kier alpha value is -3.62. The van der Waals surface area contributed by atoms with Crippen LogP contribution in [-0.2, 0) is 11.8 Å². The average molecular weight is 545 g/mol. The number of carbonyl (C=O) groups is 1. The van der Waals surface area contributed by atoms with Gasteiger partial charge in [-0.3, -0.25) is 19.2 Å². The molecule has 8 heteroatoms. The van der Waals surface area contributed by atoms with Crippen molar-refractivity contribution in [3.05, 3.63) is 116 Å². The minimum Gasteiger partial charge on any atom is -0.283 e. The van der Waals surface area contributed by atoms with Gasteiger partial charge < -0.3 is 0 Å².